The van der Waals surface area contributed by atoms with Crippen molar-refractivity contribution in [3.05, 3.63) is 59.9 Å². The average Bonchev–Trinajstić information content (AvgIpc) is 2.70. The molecule has 2 atom stereocenters. The minimum Gasteiger partial charge on any atom is -0.483 e. The summed E-state index contributed by atoms with van der Waals surface area (Å²) in [5.41, 5.74) is 1.08. The van der Waals surface area contributed by atoms with Gasteiger partial charge in [0.05, 0.1) is 0 Å². The lowest BCUT2D eigenvalue weighted by Crippen LogP contribution is -2.58. The maximum atomic E-state index is 13.1. The fourth-order valence-corrected chi connectivity index (χ4v) is 4.09. The number of amides is 1. The Morgan fingerprint density at radius 1 is 1.11 bits per heavy atom. The molecule has 1 fully saturated rings. The molecule has 0 aliphatic carbocycles. The van der Waals surface area contributed by atoms with Crippen LogP contribution in [0.25, 0.3) is 0 Å². The van der Waals surface area contributed by atoms with Crippen molar-refractivity contribution in [1.82, 2.24) is 9.80 Å². The Labute approximate surface area is 170 Å². The van der Waals surface area contributed by atoms with Gasteiger partial charge in [-0.15, -0.1) is 11.8 Å². The van der Waals surface area contributed by atoms with Gasteiger partial charge in [0, 0.05) is 36.6 Å². The number of carbonyl (C=O) groups excluding carboxylic acids is 1. The van der Waals surface area contributed by atoms with Gasteiger partial charge >= 0.3 is 0 Å². The number of nitrogens with zero attached hydrogens (tertiary/aromatic N) is 2. The fraction of sp³-hybridized carbons (Fsp3) is 0.409. The summed E-state index contributed by atoms with van der Waals surface area (Å²) in [4.78, 5) is 18.0. The lowest BCUT2D eigenvalue weighted by atomic mass is 10.1. The number of hydrogen-bond donors (Lipinski definition) is 0. The van der Waals surface area contributed by atoms with E-state index in [9.17, 15) is 9.18 Å². The van der Waals surface area contributed by atoms with Crippen molar-refractivity contribution in [2.45, 2.75) is 37.4 Å². The first kappa shape index (κ1) is 20.7. The Hall–Kier alpha value is -2.05. The third kappa shape index (κ3) is 5.06. The summed E-state index contributed by atoms with van der Waals surface area (Å²) < 4.78 is 18.9. The van der Waals surface area contributed by atoms with Crippen LogP contribution in [0.15, 0.2) is 53.4 Å². The quantitative estimate of drug-likeness (QED) is 0.683. The van der Waals surface area contributed by atoms with Crippen LogP contribution in [0.4, 0.5) is 4.39 Å². The molecule has 150 valence electrons. The first-order chi connectivity index (χ1) is 13.5. The zero-order chi connectivity index (χ0) is 20.1. The van der Waals surface area contributed by atoms with Gasteiger partial charge in [0.2, 0.25) is 0 Å². The highest BCUT2D eigenvalue weighted by atomic mass is 32.2. The van der Waals surface area contributed by atoms with Crippen molar-refractivity contribution in [2.75, 3.05) is 26.0 Å². The Balaban J connectivity index is 1.57. The van der Waals surface area contributed by atoms with Gasteiger partial charge in [0.25, 0.3) is 5.91 Å². The third-order valence-electron chi connectivity index (χ3n) is 5.15. The molecule has 0 N–H and O–H groups in total. The van der Waals surface area contributed by atoms with Gasteiger partial charge in [-0.2, -0.15) is 0 Å². The maximum Gasteiger partial charge on any atom is 0.260 e. The molecule has 2 aromatic rings. The second kappa shape index (κ2) is 9.43. The van der Waals surface area contributed by atoms with Gasteiger partial charge in [-0.1, -0.05) is 24.3 Å². The normalized spacial score (nSPS) is 20.2. The zero-order valence-corrected chi connectivity index (χ0v) is 17.4. The number of hydrogen-bond acceptors (Lipinski definition) is 4. The number of benzene rings is 2. The van der Waals surface area contributed by atoms with Crippen LogP contribution >= 0.6 is 11.8 Å². The molecule has 2 aromatic carbocycles. The zero-order valence-electron chi connectivity index (χ0n) is 16.6. The van der Waals surface area contributed by atoms with Crippen LogP contribution in [0, 0.1) is 5.82 Å². The molecule has 4 nitrogen and oxygen atoms in total. The number of thioether (sulfide) groups is 1. The molecule has 1 heterocycles. The number of carbonyl (C=O) groups is 1. The highest BCUT2D eigenvalue weighted by Gasteiger charge is 2.32. The summed E-state index contributed by atoms with van der Waals surface area (Å²) >= 11 is 1.61. The van der Waals surface area contributed by atoms with Crippen molar-refractivity contribution >= 4 is 17.7 Å². The molecule has 0 spiro atoms. The number of ether oxygens (including phenoxy) is 1. The number of halogens is 1. The molecule has 0 radical (unpaired) electrons. The molecular weight excluding hydrogens is 375 g/mol. The molecule has 0 unspecified atom stereocenters. The van der Waals surface area contributed by atoms with Crippen molar-refractivity contribution in [2.24, 2.45) is 0 Å². The van der Waals surface area contributed by atoms with Crippen LogP contribution in [0.1, 0.15) is 19.4 Å². The van der Waals surface area contributed by atoms with Crippen LogP contribution in [0.5, 0.6) is 5.75 Å². The minimum atomic E-state index is -0.219. The number of rotatable bonds is 6. The molecule has 3 rings (SSSR count). The summed E-state index contributed by atoms with van der Waals surface area (Å²) in [6, 6.07) is 14.7. The first-order valence-corrected chi connectivity index (χ1v) is 10.7. The Morgan fingerprint density at radius 2 is 1.82 bits per heavy atom. The summed E-state index contributed by atoms with van der Waals surface area (Å²) in [6.45, 7) is 6.44. The molecule has 1 aliphatic rings. The van der Waals surface area contributed by atoms with E-state index in [-0.39, 0.29) is 30.4 Å². The van der Waals surface area contributed by atoms with Crippen molar-refractivity contribution in [1.29, 1.82) is 0 Å². The second-order valence-corrected chi connectivity index (χ2v) is 8.09. The van der Waals surface area contributed by atoms with Crippen molar-refractivity contribution in [3.8, 4) is 5.75 Å². The summed E-state index contributed by atoms with van der Waals surface area (Å²) in [5, 5.41) is 0. The van der Waals surface area contributed by atoms with Gasteiger partial charge in [-0.05, 0) is 49.9 Å². The monoisotopic (exact) mass is 402 g/mol. The van der Waals surface area contributed by atoms with E-state index in [2.05, 4.69) is 18.7 Å². The van der Waals surface area contributed by atoms with Crippen LogP contribution in [-0.2, 0) is 11.3 Å². The molecule has 1 aliphatic heterocycles. The number of para-hydroxylation sites is 1. The Kier molecular flexibility index (Phi) is 6.97. The Bertz CT molecular complexity index is 799. The molecule has 6 heteroatoms. The van der Waals surface area contributed by atoms with E-state index in [1.807, 2.05) is 47.6 Å². The van der Waals surface area contributed by atoms with Gasteiger partial charge in [-0.25, -0.2) is 4.39 Å². The van der Waals surface area contributed by atoms with E-state index in [0.717, 1.165) is 29.3 Å². The predicted octanol–water partition coefficient (Wildman–Crippen LogP) is 4.05. The molecule has 0 bridgehead atoms. The average molecular weight is 403 g/mol. The van der Waals surface area contributed by atoms with Gasteiger partial charge in [0.1, 0.15) is 11.6 Å². The molecule has 0 aromatic heterocycles. The molecule has 0 saturated carbocycles. The first-order valence-electron chi connectivity index (χ1n) is 9.51. The predicted molar refractivity (Wildman–Crippen MR) is 111 cm³/mol. The van der Waals surface area contributed by atoms with Gasteiger partial charge in [0.15, 0.2) is 6.61 Å². The van der Waals surface area contributed by atoms with E-state index >= 15 is 0 Å². The summed E-state index contributed by atoms with van der Waals surface area (Å²) in [6.07, 6.45) is 1.99. The second-order valence-electron chi connectivity index (χ2n) is 7.24. The van der Waals surface area contributed by atoms with Gasteiger partial charge < -0.3 is 9.64 Å². The van der Waals surface area contributed by atoms with E-state index in [1.165, 1.54) is 12.1 Å². The minimum absolute atomic E-state index is 0.0108. The van der Waals surface area contributed by atoms with E-state index < -0.39 is 0 Å². The lowest BCUT2D eigenvalue weighted by molar-refractivity contribution is -0.139. The van der Waals surface area contributed by atoms with E-state index in [0.29, 0.717) is 6.54 Å². The highest BCUT2D eigenvalue weighted by Crippen LogP contribution is 2.27. The van der Waals surface area contributed by atoms with Crippen LogP contribution in [-0.4, -0.2) is 53.7 Å². The maximum absolute atomic E-state index is 13.1. The highest BCUT2D eigenvalue weighted by molar-refractivity contribution is 7.98. The number of piperazine rings is 1. The van der Waals surface area contributed by atoms with Crippen molar-refractivity contribution < 1.29 is 13.9 Å². The Morgan fingerprint density at radius 3 is 2.54 bits per heavy atom. The fourth-order valence-electron chi connectivity index (χ4n) is 3.55. The topological polar surface area (TPSA) is 32.8 Å². The largest absolute Gasteiger partial charge is 0.483 e. The van der Waals surface area contributed by atoms with Gasteiger partial charge in [-0.3, -0.25) is 9.69 Å². The molecule has 1 saturated heterocycles. The molecule has 1 amide bonds. The lowest BCUT2D eigenvalue weighted by Gasteiger charge is -2.44. The summed E-state index contributed by atoms with van der Waals surface area (Å²) in [5.74, 6) is 0.541. The van der Waals surface area contributed by atoms with Crippen LogP contribution in [0.2, 0.25) is 0 Å². The summed E-state index contributed by atoms with van der Waals surface area (Å²) in [7, 11) is 0. The van der Waals surface area contributed by atoms with Crippen molar-refractivity contribution in [3.63, 3.8) is 0 Å². The van der Waals surface area contributed by atoms with Crippen LogP contribution < -0.4 is 4.74 Å². The van der Waals surface area contributed by atoms with E-state index in [1.54, 1.807) is 11.8 Å². The smallest absolute Gasteiger partial charge is 0.260 e. The van der Waals surface area contributed by atoms with Crippen LogP contribution in [0.3, 0.4) is 0 Å². The standard InChI is InChI=1S/C22H27FN2O2S/c1-16-13-25(22(26)15-27-20-6-4-5-7-21(20)28-3)17(2)12-24(16)14-18-8-10-19(23)11-9-18/h4-11,16-17H,12-15H2,1-3H3/t16-,17+/m0/s1. The third-order valence-corrected chi connectivity index (χ3v) is 5.93. The SMILES string of the molecule is CSc1ccccc1OCC(=O)N1C[C@H](C)N(Cc2ccc(F)cc2)C[C@H]1C. The molecule has 28 heavy (non-hydrogen) atoms. The van der Waals surface area contributed by atoms with E-state index in [4.69, 9.17) is 4.74 Å². The molecular formula is C22H27FN2O2S.